The Labute approximate surface area is 103 Å². The van der Waals surface area contributed by atoms with Crippen molar-refractivity contribution in [2.45, 2.75) is 13.5 Å². The maximum absolute atomic E-state index is 4.32. The normalized spacial score (nSPS) is 10.6. The third-order valence-corrected chi connectivity index (χ3v) is 2.61. The Bertz CT molecular complexity index is 467. The van der Waals surface area contributed by atoms with E-state index in [9.17, 15) is 0 Å². The van der Waals surface area contributed by atoms with Crippen LogP contribution < -0.4 is 5.32 Å². The molecule has 4 nitrogen and oxygen atoms in total. The molecule has 0 saturated heterocycles. The standard InChI is InChI=1S/C11H13BrN4/c1-2-13-6-10-7-15-11(16-10)8-3-9(12)5-14-4-8/h3-5,7,13H,2,6H2,1H3,(H,15,16). The van der Waals surface area contributed by atoms with Gasteiger partial charge in [-0.3, -0.25) is 4.98 Å². The number of aromatic nitrogens is 3. The molecule has 2 heterocycles. The van der Waals surface area contributed by atoms with Crippen LogP contribution in [0.25, 0.3) is 11.4 Å². The summed E-state index contributed by atoms with van der Waals surface area (Å²) in [5.74, 6) is 0.849. The number of rotatable bonds is 4. The third-order valence-electron chi connectivity index (χ3n) is 2.17. The second-order valence-corrected chi connectivity index (χ2v) is 4.34. The van der Waals surface area contributed by atoms with Crippen molar-refractivity contribution in [1.82, 2.24) is 20.3 Å². The summed E-state index contributed by atoms with van der Waals surface area (Å²) in [5, 5.41) is 3.24. The molecule has 2 aromatic heterocycles. The van der Waals surface area contributed by atoms with Crippen LogP contribution in [-0.2, 0) is 6.54 Å². The fourth-order valence-corrected chi connectivity index (χ4v) is 1.76. The summed E-state index contributed by atoms with van der Waals surface area (Å²) in [4.78, 5) is 11.7. The van der Waals surface area contributed by atoms with E-state index >= 15 is 0 Å². The molecule has 0 aromatic carbocycles. The van der Waals surface area contributed by atoms with Crippen LogP contribution in [0.4, 0.5) is 0 Å². The van der Waals surface area contributed by atoms with Crippen molar-refractivity contribution in [2.24, 2.45) is 0 Å². The van der Waals surface area contributed by atoms with Crippen molar-refractivity contribution in [3.05, 3.63) is 34.8 Å². The summed E-state index contributed by atoms with van der Waals surface area (Å²) in [6.45, 7) is 3.84. The lowest BCUT2D eigenvalue weighted by atomic mass is 10.3. The first-order valence-corrected chi connectivity index (χ1v) is 5.94. The third kappa shape index (κ3) is 2.68. The molecule has 0 bridgehead atoms. The van der Waals surface area contributed by atoms with Gasteiger partial charge in [0, 0.05) is 40.9 Å². The van der Waals surface area contributed by atoms with Crippen LogP contribution in [0.15, 0.2) is 29.1 Å². The van der Waals surface area contributed by atoms with Gasteiger partial charge in [-0.25, -0.2) is 4.98 Å². The molecule has 0 unspecified atom stereocenters. The van der Waals surface area contributed by atoms with E-state index in [4.69, 9.17) is 0 Å². The Hall–Kier alpha value is -1.20. The van der Waals surface area contributed by atoms with Crippen molar-refractivity contribution < 1.29 is 0 Å². The van der Waals surface area contributed by atoms with Crippen LogP contribution >= 0.6 is 15.9 Å². The number of H-pyrrole nitrogens is 1. The van der Waals surface area contributed by atoms with E-state index in [1.165, 1.54) is 0 Å². The number of aromatic amines is 1. The molecule has 0 radical (unpaired) electrons. The fraction of sp³-hybridized carbons (Fsp3) is 0.273. The predicted octanol–water partition coefficient (Wildman–Crippen LogP) is 2.34. The Balaban J connectivity index is 2.18. The summed E-state index contributed by atoms with van der Waals surface area (Å²) >= 11 is 3.39. The Morgan fingerprint density at radius 3 is 3.00 bits per heavy atom. The second-order valence-electron chi connectivity index (χ2n) is 3.43. The van der Waals surface area contributed by atoms with E-state index in [1.807, 2.05) is 12.3 Å². The molecule has 2 rings (SSSR count). The quantitative estimate of drug-likeness (QED) is 0.904. The first-order chi connectivity index (χ1) is 7.79. The molecule has 0 atom stereocenters. The molecule has 0 spiro atoms. The van der Waals surface area contributed by atoms with Gasteiger partial charge in [-0.05, 0) is 28.5 Å². The molecule has 0 aliphatic rings. The minimum absolute atomic E-state index is 0.810. The van der Waals surface area contributed by atoms with Crippen LogP contribution in [-0.4, -0.2) is 21.5 Å². The molecule has 84 valence electrons. The average molecular weight is 281 g/mol. The van der Waals surface area contributed by atoms with Gasteiger partial charge < -0.3 is 10.3 Å². The predicted molar refractivity (Wildman–Crippen MR) is 66.9 cm³/mol. The highest BCUT2D eigenvalue weighted by molar-refractivity contribution is 9.10. The maximum atomic E-state index is 4.32. The topological polar surface area (TPSA) is 53.6 Å². The summed E-state index contributed by atoms with van der Waals surface area (Å²) < 4.78 is 0.953. The number of halogens is 1. The average Bonchev–Trinajstić information content (AvgIpc) is 2.75. The maximum Gasteiger partial charge on any atom is 0.139 e. The SMILES string of the molecule is CCNCc1cnc(-c2cncc(Br)c2)[nH]1. The summed E-state index contributed by atoms with van der Waals surface area (Å²) in [5.41, 5.74) is 2.06. The molecule has 0 aliphatic carbocycles. The number of hydrogen-bond donors (Lipinski definition) is 2. The molecule has 5 heteroatoms. The lowest BCUT2D eigenvalue weighted by Gasteiger charge is -1.98. The van der Waals surface area contributed by atoms with Crippen LogP contribution in [0, 0.1) is 0 Å². The van der Waals surface area contributed by atoms with Gasteiger partial charge in [-0.2, -0.15) is 0 Å². The van der Waals surface area contributed by atoms with Crippen LogP contribution in [0.5, 0.6) is 0 Å². The zero-order valence-electron chi connectivity index (χ0n) is 9.00. The highest BCUT2D eigenvalue weighted by Gasteiger charge is 2.03. The van der Waals surface area contributed by atoms with E-state index in [2.05, 4.69) is 43.1 Å². The first-order valence-electron chi connectivity index (χ1n) is 5.15. The van der Waals surface area contributed by atoms with Gasteiger partial charge in [0.25, 0.3) is 0 Å². The van der Waals surface area contributed by atoms with E-state index in [0.29, 0.717) is 0 Å². The Kier molecular flexibility index (Phi) is 3.69. The molecule has 2 aromatic rings. The minimum Gasteiger partial charge on any atom is -0.341 e. The largest absolute Gasteiger partial charge is 0.341 e. The fourth-order valence-electron chi connectivity index (χ4n) is 1.40. The summed E-state index contributed by atoms with van der Waals surface area (Å²) in [6.07, 6.45) is 5.39. The van der Waals surface area contributed by atoms with Crippen molar-refractivity contribution in [2.75, 3.05) is 6.54 Å². The van der Waals surface area contributed by atoms with Gasteiger partial charge >= 0.3 is 0 Å². The van der Waals surface area contributed by atoms with E-state index < -0.39 is 0 Å². The Morgan fingerprint density at radius 2 is 2.25 bits per heavy atom. The highest BCUT2D eigenvalue weighted by atomic mass is 79.9. The first kappa shape index (κ1) is 11.3. The molecule has 0 saturated carbocycles. The molecular weight excluding hydrogens is 268 g/mol. The second kappa shape index (κ2) is 5.23. The van der Waals surface area contributed by atoms with Crippen molar-refractivity contribution in [3.8, 4) is 11.4 Å². The number of nitrogens with zero attached hydrogens (tertiary/aromatic N) is 2. The van der Waals surface area contributed by atoms with E-state index in [-0.39, 0.29) is 0 Å². The Morgan fingerprint density at radius 1 is 1.38 bits per heavy atom. The van der Waals surface area contributed by atoms with E-state index in [0.717, 1.165) is 34.6 Å². The summed E-state index contributed by atoms with van der Waals surface area (Å²) in [6, 6.07) is 1.99. The zero-order chi connectivity index (χ0) is 11.4. The van der Waals surface area contributed by atoms with Crippen molar-refractivity contribution in [3.63, 3.8) is 0 Å². The number of hydrogen-bond acceptors (Lipinski definition) is 3. The lowest BCUT2D eigenvalue weighted by Crippen LogP contribution is -2.11. The van der Waals surface area contributed by atoms with Gasteiger partial charge in [0.1, 0.15) is 5.82 Å². The zero-order valence-corrected chi connectivity index (χ0v) is 10.6. The van der Waals surface area contributed by atoms with Gasteiger partial charge in [0.15, 0.2) is 0 Å². The van der Waals surface area contributed by atoms with Crippen LogP contribution in [0.1, 0.15) is 12.6 Å². The molecular formula is C11H13BrN4. The van der Waals surface area contributed by atoms with E-state index in [1.54, 1.807) is 12.4 Å². The van der Waals surface area contributed by atoms with Crippen LogP contribution in [0.2, 0.25) is 0 Å². The van der Waals surface area contributed by atoms with Gasteiger partial charge in [0.05, 0.1) is 0 Å². The summed E-state index contributed by atoms with van der Waals surface area (Å²) in [7, 11) is 0. The lowest BCUT2D eigenvalue weighted by molar-refractivity contribution is 0.714. The van der Waals surface area contributed by atoms with Crippen LogP contribution in [0.3, 0.4) is 0 Å². The van der Waals surface area contributed by atoms with Gasteiger partial charge in [-0.1, -0.05) is 6.92 Å². The molecule has 16 heavy (non-hydrogen) atoms. The molecule has 0 aliphatic heterocycles. The molecule has 2 N–H and O–H groups in total. The highest BCUT2D eigenvalue weighted by Crippen LogP contribution is 2.18. The number of pyridine rings is 1. The van der Waals surface area contributed by atoms with Gasteiger partial charge in [-0.15, -0.1) is 0 Å². The molecule has 0 amide bonds. The van der Waals surface area contributed by atoms with Crippen molar-refractivity contribution in [1.29, 1.82) is 0 Å². The minimum atomic E-state index is 0.810. The van der Waals surface area contributed by atoms with Crippen molar-refractivity contribution >= 4 is 15.9 Å². The molecule has 0 fully saturated rings. The smallest absolute Gasteiger partial charge is 0.139 e. The monoisotopic (exact) mass is 280 g/mol. The number of nitrogens with one attached hydrogen (secondary N) is 2. The number of imidazole rings is 1. The van der Waals surface area contributed by atoms with Gasteiger partial charge in [0.2, 0.25) is 0 Å².